The second kappa shape index (κ2) is 16.4. The van der Waals surface area contributed by atoms with Gasteiger partial charge < -0.3 is 13.9 Å². The summed E-state index contributed by atoms with van der Waals surface area (Å²) in [6.07, 6.45) is 5.09. The fourth-order valence-corrected chi connectivity index (χ4v) is 8.12. The Hall–Kier alpha value is -6.55. The first kappa shape index (κ1) is 34.5. The Morgan fingerprint density at radius 3 is 2.03 bits per heavy atom. The average molecular weight is 947 g/mol. The minimum absolute atomic E-state index is 0. The fraction of sp³-hybridized carbons (Fsp3) is 0.0943. The van der Waals surface area contributed by atoms with E-state index in [1.54, 1.807) is 0 Å². The fourth-order valence-electron chi connectivity index (χ4n) is 8.12. The summed E-state index contributed by atoms with van der Waals surface area (Å²) < 4.78 is 39.4. The zero-order chi connectivity index (χ0) is 41.6. The Morgan fingerprint density at radius 2 is 1.31 bits per heavy atom. The van der Waals surface area contributed by atoms with Crippen molar-refractivity contribution < 1.29 is 34.5 Å². The van der Waals surface area contributed by atoms with Crippen LogP contribution in [0.1, 0.15) is 42.3 Å². The van der Waals surface area contributed by atoms with Gasteiger partial charge in [-0.3, -0.25) is 4.57 Å². The van der Waals surface area contributed by atoms with E-state index < -0.39 is 0 Å². The average Bonchev–Trinajstić information content (AvgIpc) is 3.85. The zero-order valence-electron chi connectivity index (χ0n) is 35.5. The molecule has 10 rings (SSSR count). The molecule has 0 atom stereocenters. The Bertz CT molecular complexity index is 3190. The van der Waals surface area contributed by atoms with Gasteiger partial charge in [-0.1, -0.05) is 141 Å². The van der Waals surface area contributed by atoms with Gasteiger partial charge in [0.2, 0.25) is 0 Å². The third-order valence-corrected chi connectivity index (χ3v) is 11.0. The first-order valence-corrected chi connectivity index (χ1v) is 19.8. The number of aromatic nitrogens is 4. The van der Waals surface area contributed by atoms with Gasteiger partial charge in [0.1, 0.15) is 5.82 Å². The second-order valence-corrected chi connectivity index (χ2v) is 14.4. The molecule has 290 valence electrons. The van der Waals surface area contributed by atoms with E-state index in [-0.39, 0.29) is 45.2 Å². The van der Waals surface area contributed by atoms with Crippen LogP contribution >= 0.6 is 0 Å². The van der Waals surface area contributed by atoms with Crippen molar-refractivity contribution in [2.24, 2.45) is 0 Å². The molecule has 0 amide bonds. The van der Waals surface area contributed by atoms with E-state index in [1.165, 1.54) is 0 Å². The van der Waals surface area contributed by atoms with Crippen LogP contribution in [0.25, 0.3) is 72.3 Å². The summed E-state index contributed by atoms with van der Waals surface area (Å²) in [5.41, 5.74) is 10.2. The number of pyridine rings is 1. The number of rotatable bonds is 10. The molecule has 5 nitrogen and oxygen atoms in total. The maximum atomic E-state index is 9.37. The van der Waals surface area contributed by atoms with Crippen molar-refractivity contribution in [1.82, 2.24) is 14.1 Å². The Morgan fingerprint density at radius 1 is 0.661 bits per heavy atom. The van der Waals surface area contributed by atoms with Crippen LogP contribution in [0.15, 0.2) is 176 Å². The number of hydrogen-bond donors (Lipinski definition) is 0. The number of hydrogen-bond acceptors (Lipinski definition) is 2. The van der Waals surface area contributed by atoms with Gasteiger partial charge in [0.15, 0.2) is 0 Å². The molecule has 0 N–H and O–H groups in total. The first-order chi connectivity index (χ1) is 29.9. The molecule has 0 spiro atoms. The van der Waals surface area contributed by atoms with Crippen LogP contribution in [0, 0.1) is 18.5 Å². The van der Waals surface area contributed by atoms with Gasteiger partial charge in [-0.05, 0) is 75.8 Å². The van der Waals surface area contributed by atoms with Crippen molar-refractivity contribution in [2.45, 2.75) is 32.6 Å². The summed E-state index contributed by atoms with van der Waals surface area (Å²) in [4.78, 5) is 4.56. The number of nitrogens with zero attached hydrogens (tertiary/aromatic N) is 4. The van der Waals surface area contributed by atoms with Gasteiger partial charge in [0.05, 0.1) is 20.8 Å². The van der Waals surface area contributed by atoms with Crippen LogP contribution < -0.4 is 9.30 Å². The third kappa shape index (κ3) is 6.96. The van der Waals surface area contributed by atoms with Crippen LogP contribution in [0.2, 0.25) is 0 Å². The van der Waals surface area contributed by atoms with Crippen LogP contribution in [0.3, 0.4) is 0 Å². The molecule has 3 heterocycles. The molecular formula is C53H40N4OPt-2. The van der Waals surface area contributed by atoms with Gasteiger partial charge in [-0.15, -0.1) is 29.7 Å². The van der Waals surface area contributed by atoms with Crippen LogP contribution in [-0.2, 0) is 21.1 Å². The van der Waals surface area contributed by atoms with Gasteiger partial charge in [-0.2, -0.15) is 18.2 Å². The van der Waals surface area contributed by atoms with Crippen molar-refractivity contribution in [3.63, 3.8) is 0 Å². The molecule has 0 fully saturated rings. The molecule has 0 aliphatic carbocycles. The molecule has 3 aromatic heterocycles. The maximum absolute atomic E-state index is 9.37. The first-order valence-electron chi connectivity index (χ1n) is 21.3. The van der Waals surface area contributed by atoms with E-state index in [4.69, 9.17) is 7.48 Å². The van der Waals surface area contributed by atoms with Gasteiger partial charge in [0, 0.05) is 44.3 Å². The largest absolute Gasteiger partial charge is 0.510 e. The predicted octanol–water partition coefficient (Wildman–Crippen LogP) is 12.8. The van der Waals surface area contributed by atoms with Crippen molar-refractivity contribution in [1.29, 1.82) is 0 Å². The van der Waals surface area contributed by atoms with E-state index in [0.717, 1.165) is 73.8 Å². The Balaban J connectivity index is 0.00000490. The molecule has 10 aromatic rings. The maximum Gasteiger partial charge on any atom is 0.268 e. The number of imidazole rings is 1. The minimum Gasteiger partial charge on any atom is -0.510 e. The quantitative estimate of drug-likeness (QED) is 0.101. The molecule has 0 aliphatic heterocycles. The molecule has 0 saturated heterocycles. The topological polar surface area (TPSA) is 35.9 Å². The zero-order valence-corrected chi connectivity index (χ0v) is 34.8. The smallest absolute Gasteiger partial charge is 0.268 e. The number of para-hydroxylation sites is 4. The Labute approximate surface area is 363 Å². The Kier molecular flexibility index (Phi) is 9.57. The molecule has 6 heteroatoms. The second-order valence-electron chi connectivity index (χ2n) is 14.4. The molecule has 0 radical (unpaired) electrons. The van der Waals surface area contributed by atoms with Gasteiger partial charge in [-0.25, -0.2) is 4.98 Å². The van der Waals surface area contributed by atoms with Gasteiger partial charge in [0.25, 0.3) is 6.33 Å². The van der Waals surface area contributed by atoms with E-state index in [9.17, 15) is 1.37 Å². The predicted molar refractivity (Wildman–Crippen MR) is 234 cm³/mol. The third-order valence-electron chi connectivity index (χ3n) is 11.0. The van der Waals surface area contributed by atoms with E-state index in [0.29, 0.717) is 28.4 Å². The number of fused-ring (bicyclic) bond motifs is 4. The molecule has 0 saturated carbocycles. The molecule has 0 aliphatic rings. The molecule has 7 aromatic carbocycles. The standard InChI is InChI=1S/C53H40N4O.Pt/c1-3-37(4-2)40-31-32-54-52(33-40)57-48-26-12-11-23-46(48)47-30-29-43(35-51(47)57)58-42-22-15-21-41(34-42)55-36-56(50-28-14-13-27-49(50)55)53-44(38-17-7-5-8-18-38)24-16-25-45(53)39-19-9-6-10-20-39;/h5-33,37H,3-4H2,1-2H3;/q-2;/i31D,32D,33D;. The number of ether oxygens (including phenoxy) is 1. The summed E-state index contributed by atoms with van der Waals surface area (Å²) in [6, 6.07) is 60.5. The summed E-state index contributed by atoms with van der Waals surface area (Å²) >= 11 is 0. The molecule has 0 bridgehead atoms. The van der Waals surface area contributed by atoms with Gasteiger partial charge >= 0.3 is 0 Å². The van der Waals surface area contributed by atoms with Crippen molar-refractivity contribution in [2.75, 3.05) is 0 Å². The molecular weight excluding hydrogens is 904 g/mol. The SMILES string of the molecule is [2H]c1nc(-n2c3[c-]c(Oc4[c-]c(-n5[c-][n+](-c6c(-c7ccccc7)cccc6-c6ccccc6)c6ccccc65)ccc4)ccc3c3ccccc32)c([2H])c(C(CC)CC)c1[2H].[Pt]. The summed E-state index contributed by atoms with van der Waals surface area (Å²) in [5, 5.41) is 1.88. The van der Waals surface area contributed by atoms with Crippen molar-refractivity contribution in [3.8, 4) is 50.9 Å². The van der Waals surface area contributed by atoms with E-state index in [1.807, 2.05) is 81.9 Å². The molecule has 59 heavy (non-hydrogen) atoms. The van der Waals surface area contributed by atoms with E-state index >= 15 is 0 Å². The summed E-state index contributed by atoms with van der Waals surface area (Å²) in [5.74, 6) is 1.23. The van der Waals surface area contributed by atoms with Crippen LogP contribution in [0.5, 0.6) is 11.5 Å². The van der Waals surface area contributed by atoms with Crippen molar-refractivity contribution in [3.05, 3.63) is 200 Å². The normalized spacial score (nSPS) is 12.1. The summed E-state index contributed by atoms with van der Waals surface area (Å²) in [6.45, 7) is 4.12. The van der Waals surface area contributed by atoms with Crippen LogP contribution in [0.4, 0.5) is 0 Å². The summed E-state index contributed by atoms with van der Waals surface area (Å²) in [7, 11) is 0. The molecule has 0 unspecified atom stereocenters. The van der Waals surface area contributed by atoms with Crippen LogP contribution in [-0.4, -0.2) is 14.1 Å². The number of benzene rings is 7. The monoisotopic (exact) mass is 946 g/mol. The van der Waals surface area contributed by atoms with E-state index in [2.05, 4.69) is 127 Å². The minimum atomic E-state index is -0.145. The van der Waals surface area contributed by atoms with Crippen molar-refractivity contribution >= 4 is 32.8 Å².